The summed E-state index contributed by atoms with van der Waals surface area (Å²) in [5.74, 6) is -0.0356. The first-order chi connectivity index (χ1) is 9.63. The minimum absolute atomic E-state index is 0.128. The Balaban J connectivity index is 2.09. The molecule has 1 atom stereocenters. The number of nitrogens with zero attached hydrogens (tertiary/aromatic N) is 1. The van der Waals surface area contributed by atoms with Crippen LogP contribution in [0.1, 0.15) is 44.1 Å². The minimum atomic E-state index is -0.183. The number of aliphatic hydroxyl groups excluding tert-OH is 1. The fraction of sp³-hybridized carbons (Fsp3) is 0.562. The van der Waals surface area contributed by atoms with Gasteiger partial charge in [-0.25, -0.2) is 0 Å². The van der Waals surface area contributed by atoms with Crippen molar-refractivity contribution in [2.75, 3.05) is 18.9 Å². The normalized spacial score (nSPS) is 16.5. The Hall–Kier alpha value is -1.55. The largest absolute Gasteiger partial charge is 0.399 e. The Morgan fingerprint density at radius 1 is 1.50 bits per heavy atom. The number of rotatable bonds is 6. The Labute approximate surface area is 120 Å². The molecule has 2 rings (SSSR count). The average molecular weight is 276 g/mol. The van der Waals surface area contributed by atoms with Gasteiger partial charge in [-0.1, -0.05) is 12.1 Å². The van der Waals surface area contributed by atoms with Gasteiger partial charge in [0.05, 0.1) is 5.92 Å². The first-order valence-electron chi connectivity index (χ1n) is 7.40. The smallest absolute Gasteiger partial charge is 0.230 e. The maximum Gasteiger partial charge on any atom is 0.230 e. The number of hydrogen-bond donors (Lipinski definition) is 2. The van der Waals surface area contributed by atoms with Crippen LogP contribution in [0.25, 0.3) is 0 Å². The number of benzene rings is 1. The molecule has 0 bridgehead atoms. The summed E-state index contributed by atoms with van der Waals surface area (Å²) in [6.07, 6.45) is 4.01. The molecule has 110 valence electrons. The van der Waals surface area contributed by atoms with Crippen LogP contribution >= 0.6 is 0 Å². The fourth-order valence-corrected chi connectivity index (χ4v) is 2.63. The van der Waals surface area contributed by atoms with Gasteiger partial charge in [-0.05, 0) is 50.3 Å². The second-order valence-electron chi connectivity index (χ2n) is 5.59. The van der Waals surface area contributed by atoms with E-state index in [4.69, 9.17) is 10.8 Å². The molecular weight excluding hydrogens is 252 g/mol. The third-order valence-electron chi connectivity index (χ3n) is 4.14. The molecule has 1 aliphatic carbocycles. The molecule has 1 unspecified atom stereocenters. The molecule has 0 heterocycles. The summed E-state index contributed by atoms with van der Waals surface area (Å²) in [4.78, 5) is 14.7. The van der Waals surface area contributed by atoms with E-state index in [1.165, 1.54) is 6.42 Å². The van der Waals surface area contributed by atoms with Gasteiger partial charge in [0.15, 0.2) is 0 Å². The van der Waals surface area contributed by atoms with Crippen molar-refractivity contribution < 1.29 is 9.90 Å². The molecule has 0 radical (unpaired) electrons. The third-order valence-corrected chi connectivity index (χ3v) is 4.14. The summed E-state index contributed by atoms with van der Waals surface area (Å²) in [6, 6.07) is 7.89. The first kappa shape index (κ1) is 14.9. The summed E-state index contributed by atoms with van der Waals surface area (Å²) in [5.41, 5.74) is 7.44. The third kappa shape index (κ3) is 3.31. The number of aliphatic hydroxyl groups is 1. The van der Waals surface area contributed by atoms with E-state index < -0.39 is 0 Å². The quantitative estimate of drug-likeness (QED) is 0.782. The Bertz CT molecular complexity index is 458. The summed E-state index contributed by atoms with van der Waals surface area (Å²) < 4.78 is 0. The predicted molar refractivity (Wildman–Crippen MR) is 80.3 cm³/mol. The van der Waals surface area contributed by atoms with E-state index in [0.29, 0.717) is 24.7 Å². The highest BCUT2D eigenvalue weighted by molar-refractivity contribution is 5.84. The summed E-state index contributed by atoms with van der Waals surface area (Å²) in [7, 11) is 0. The van der Waals surface area contributed by atoms with Crippen LogP contribution in [-0.4, -0.2) is 35.1 Å². The molecule has 0 saturated heterocycles. The van der Waals surface area contributed by atoms with Crippen molar-refractivity contribution in [2.24, 2.45) is 0 Å². The molecule has 20 heavy (non-hydrogen) atoms. The number of nitrogens with two attached hydrogens (primary N) is 1. The van der Waals surface area contributed by atoms with Crippen molar-refractivity contribution in [2.45, 2.75) is 44.6 Å². The predicted octanol–water partition coefficient (Wildman–Crippen LogP) is 2.14. The van der Waals surface area contributed by atoms with Gasteiger partial charge in [-0.3, -0.25) is 4.79 Å². The van der Waals surface area contributed by atoms with E-state index in [0.717, 1.165) is 18.4 Å². The fourth-order valence-electron chi connectivity index (χ4n) is 2.63. The van der Waals surface area contributed by atoms with Gasteiger partial charge in [0.25, 0.3) is 0 Å². The monoisotopic (exact) mass is 276 g/mol. The number of amides is 1. The zero-order valence-corrected chi connectivity index (χ0v) is 12.1. The van der Waals surface area contributed by atoms with E-state index >= 15 is 0 Å². The second-order valence-corrected chi connectivity index (χ2v) is 5.59. The van der Waals surface area contributed by atoms with E-state index in [2.05, 4.69) is 0 Å². The maximum atomic E-state index is 12.7. The zero-order chi connectivity index (χ0) is 14.5. The van der Waals surface area contributed by atoms with Crippen LogP contribution < -0.4 is 5.73 Å². The van der Waals surface area contributed by atoms with Gasteiger partial charge in [0.1, 0.15) is 0 Å². The highest BCUT2D eigenvalue weighted by Crippen LogP contribution is 2.29. The molecule has 1 saturated carbocycles. The lowest BCUT2D eigenvalue weighted by Gasteiger charge is -2.39. The number of hydrogen-bond acceptors (Lipinski definition) is 3. The lowest BCUT2D eigenvalue weighted by molar-refractivity contribution is -0.136. The molecule has 1 aromatic rings. The van der Waals surface area contributed by atoms with E-state index in [-0.39, 0.29) is 18.4 Å². The topological polar surface area (TPSA) is 66.6 Å². The van der Waals surface area contributed by atoms with Crippen LogP contribution in [0.3, 0.4) is 0 Å². The van der Waals surface area contributed by atoms with Gasteiger partial charge in [0, 0.05) is 24.9 Å². The van der Waals surface area contributed by atoms with Crippen molar-refractivity contribution in [3.05, 3.63) is 29.8 Å². The van der Waals surface area contributed by atoms with E-state index in [1.807, 2.05) is 36.1 Å². The van der Waals surface area contributed by atoms with Crippen LogP contribution in [0.15, 0.2) is 24.3 Å². The van der Waals surface area contributed by atoms with E-state index in [1.54, 1.807) is 0 Å². The molecule has 4 heteroatoms. The van der Waals surface area contributed by atoms with Gasteiger partial charge < -0.3 is 15.7 Å². The molecule has 0 aliphatic heterocycles. The van der Waals surface area contributed by atoms with Gasteiger partial charge >= 0.3 is 0 Å². The van der Waals surface area contributed by atoms with Crippen LogP contribution in [0, 0.1) is 0 Å². The maximum absolute atomic E-state index is 12.7. The lowest BCUT2D eigenvalue weighted by Crippen LogP contribution is -2.46. The second kappa shape index (κ2) is 6.75. The number of nitrogen functional groups attached to an aromatic ring is 1. The summed E-state index contributed by atoms with van der Waals surface area (Å²) in [5, 5.41) is 9.01. The molecule has 1 aromatic carbocycles. The molecule has 3 N–H and O–H groups in total. The van der Waals surface area contributed by atoms with Crippen molar-refractivity contribution in [1.29, 1.82) is 0 Å². The minimum Gasteiger partial charge on any atom is -0.399 e. The standard InChI is InChI=1S/C16H24N2O2/c1-12(13-5-2-6-14(17)11-13)16(20)18(9-4-10-19)15-7-3-8-15/h2,5-6,11-12,15,19H,3-4,7-10,17H2,1H3. The number of carbonyl (C=O) groups is 1. The zero-order valence-electron chi connectivity index (χ0n) is 12.1. The molecule has 4 nitrogen and oxygen atoms in total. The molecule has 0 aromatic heterocycles. The molecule has 1 fully saturated rings. The summed E-state index contributed by atoms with van der Waals surface area (Å²) >= 11 is 0. The van der Waals surface area contributed by atoms with Gasteiger partial charge in [-0.15, -0.1) is 0 Å². The van der Waals surface area contributed by atoms with Crippen LogP contribution in [0.4, 0.5) is 5.69 Å². The highest BCUT2D eigenvalue weighted by atomic mass is 16.3. The Morgan fingerprint density at radius 2 is 2.25 bits per heavy atom. The Morgan fingerprint density at radius 3 is 2.80 bits per heavy atom. The van der Waals surface area contributed by atoms with Crippen LogP contribution in [0.2, 0.25) is 0 Å². The lowest BCUT2D eigenvalue weighted by atomic mass is 9.89. The van der Waals surface area contributed by atoms with Crippen molar-refractivity contribution >= 4 is 11.6 Å². The SMILES string of the molecule is CC(C(=O)N(CCCO)C1CCC1)c1cccc(N)c1. The Kier molecular flexibility index (Phi) is 5.01. The van der Waals surface area contributed by atoms with Crippen LogP contribution in [-0.2, 0) is 4.79 Å². The van der Waals surface area contributed by atoms with Crippen molar-refractivity contribution in [3.63, 3.8) is 0 Å². The van der Waals surface area contributed by atoms with Gasteiger partial charge in [-0.2, -0.15) is 0 Å². The molecule has 1 amide bonds. The average Bonchev–Trinajstić information content (AvgIpc) is 2.39. The van der Waals surface area contributed by atoms with Crippen molar-refractivity contribution in [1.82, 2.24) is 4.90 Å². The first-order valence-corrected chi connectivity index (χ1v) is 7.40. The number of anilines is 1. The summed E-state index contributed by atoms with van der Waals surface area (Å²) in [6.45, 7) is 2.71. The highest BCUT2D eigenvalue weighted by Gasteiger charge is 2.31. The van der Waals surface area contributed by atoms with Crippen molar-refractivity contribution in [3.8, 4) is 0 Å². The van der Waals surface area contributed by atoms with E-state index in [9.17, 15) is 4.79 Å². The molecular formula is C16H24N2O2. The molecule has 0 spiro atoms. The number of carbonyl (C=O) groups excluding carboxylic acids is 1. The van der Waals surface area contributed by atoms with Gasteiger partial charge in [0.2, 0.25) is 5.91 Å². The van der Waals surface area contributed by atoms with Crippen LogP contribution in [0.5, 0.6) is 0 Å². The molecule has 1 aliphatic rings.